The van der Waals surface area contributed by atoms with Crippen LogP contribution in [0.15, 0.2) is 6.07 Å². The molecular formula is C26H39ClFN5O5. The van der Waals surface area contributed by atoms with Crippen molar-refractivity contribution >= 4 is 41.1 Å². The smallest absolute Gasteiger partial charge is 0.432 e. The molecular weight excluding hydrogens is 517 g/mol. The van der Waals surface area contributed by atoms with Crippen LogP contribution in [0.25, 0.3) is 0 Å². The lowest BCUT2D eigenvalue weighted by molar-refractivity contribution is 0.0239. The number of hydrogen-bond acceptors (Lipinski definition) is 8. The van der Waals surface area contributed by atoms with Crippen LogP contribution in [0, 0.1) is 11.7 Å². The zero-order chi connectivity index (χ0) is 28.4. The van der Waals surface area contributed by atoms with Crippen LogP contribution in [0.1, 0.15) is 77.6 Å². The fourth-order valence-electron chi connectivity index (χ4n) is 4.14. The summed E-state index contributed by atoms with van der Waals surface area (Å²) in [5.41, 5.74) is -1.25. The summed E-state index contributed by atoms with van der Waals surface area (Å²) in [6, 6.07) is 1.14. The van der Waals surface area contributed by atoms with Crippen LogP contribution in [-0.4, -0.2) is 60.0 Å². The van der Waals surface area contributed by atoms with Crippen LogP contribution in [0.2, 0.25) is 5.02 Å². The lowest BCUT2D eigenvalue weighted by Gasteiger charge is -2.36. The van der Waals surface area contributed by atoms with Gasteiger partial charge in [-0.25, -0.2) is 19.8 Å². The molecule has 1 saturated carbocycles. The van der Waals surface area contributed by atoms with E-state index in [1.165, 1.54) is 0 Å². The number of carbonyl (C=O) groups excluding carboxylic acids is 3. The lowest BCUT2D eigenvalue weighted by atomic mass is 9.97. The van der Waals surface area contributed by atoms with Crippen molar-refractivity contribution in [3.8, 4) is 0 Å². The Morgan fingerprint density at radius 1 is 1.13 bits per heavy atom. The first kappa shape index (κ1) is 29.8. The SMILES string of the molecule is CC(C)(C)OC(=O)NCC1CCCN(c2c(F)cc(C(=O)N(N)C(=O)OC(C)(C)C)c(NC3CC3)c2Cl)C1. The van der Waals surface area contributed by atoms with Gasteiger partial charge < -0.3 is 25.0 Å². The Morgan fingerprint density at radius 3 is 2.34 bits per heavy atom. The summed E-state index contributed by atoms with van der Waals surface area (Å²) in [5, 5.41) is 6.35. The number of amides is 3. The van der Waals surface area contributed by atoms with Crippen molar-refractivity contribution in [1.29, 1.82) is 0 Å². The number of imide groups is 1. The molecule has 1 aliphatic heterocycles. The predicted octanol–water partition coefficient (Wildman–Crippen LogP) is 5.05. The van der Waals surface area contributed by atoms with E-state index in [0.29, 0.717) is 24.6 Å². The van der Waals surface area contributed by atoms with Crippen LogP contribution in [0.3, 0.4) is 0 Å². The number of hydrazine groups is 1. The van der Waals surface area contributed by atoms with E-state index >= 15 is 4.39 Å². The minimum atomic E-state index is -1.06. The van der Waals surface area contributed by atoms with Crippen molar-refractivity contribution in [2.24, 2.45) is 11.8 Å². The van der Waals surface area contributed by atoms with E-state index in [9.17, 15) is 14.4 Å². The molecule has 12 heteroatoms. The molecule has 4 N–H and O–H groups in total. The number of alkyl carbamates (subject to hydrolysis) is 1. The largest absolute Gasteiger partial charge is 0.444 e. The number of nitrogens with zero attached hydrogens (tertiary/aromatic N) is 2. The second-order valence-corrected chi connectivity index (χ2v) is 12.2. The minimum absolute atomic E-state index is 0.0404. The number of benzene rings is 1. The molecule has 1 saturated heterocycles. The van der Waals surface area contributed by atoms with Gasteiger partial charge in [-0.05, 0) is 79.2 Å². The lowest BCUT2D eigenvalue weighted by Crippen LogP contribution is -2.46. The van der Waals surface area contributed by atoms with E-state index in [4.69, 9.17) is 26.9 Å². The number of hydrogen-bond donors (Lipinski definition) is 3. The summed E-state index contributed by atoms with van der Waals surface area (Å²) in [7, 11) is 0. The van der Waals surface area contributed by atoms with Gasteiger partial charge in [0.15, 0.2) is 0 Å². The zero-order valence-corrected chi connectivity index (χ0v) is 23.7. The summed E-state index contributed by atoms with van der Waals surface area (Å²) in [5.74, 6) is 4.17. The number of carbonyl (C=O) groups is 3. The molecule has 38 heavy (non-hydrogen) atoms. The van der Waals surface area contributed by atoms with Gasteiger partial charge in [-0.2, -0.15) is 5.01 Å². The second-order valence-electron chi connectivity index (χ2n) is 11.9. The van der Waals surface area contributed by atoms with Crippen molar-refractivity contribution < 1.29 is 28.2 Å². The number of halogens is 2. The topological polar surface area (TPSA) is 126 Å². The monoisotopic (exact) mass is 555 g/mol. The number of rotatable bonds is 6. The van der Waals surface area contributed by atoms with Gasteiger partial charge in [0.2, 0.25) is 0 Å². The first-order valence-electron chi connectivity index (χ1n) is 12.9. The van der Waals surface area contributed by atoms with Crippen LogP contribution in [-0.2, 0) is 9.47 Å². The van der Waals surface area contributed by atoms with Gasteiger partial charge in [0.1, 0.15) is 17.0 Å². The summed E-state index contributed by atoms with van der Waals surface area (Å²) >= 11 is 6.75. The summed E-state index contributed by atoms with van der Waals surface area (Å²) in [4.78, 5) is 39.4. The van der Waals surface area contributed by atoms with E-state index in [-0.39, 0.29) is 33.9 Å². The maximum atomic E-state index is 15.6. The quantitative estimate of drug-likeness (QED) is 0.253. The van der Waals surface area contributed by atoms with Crippen LogP contribution in [0.4, 0.5) is 25.4 Å². The number of nitrogens with one attached hydrogen (secondary N) is 2. The Kier molecular flexibility index (Phi) is 9.03. The molecule has 1 aromatic carbocycles. The van der Waals surface area contributed by atoms with E-state index in [1.54, 1.807) is 41.5 Å². The third kappa shape index (κ3) is 8.10. The highest BCUT2D eigenvalue weighted by Crippen LogP contribution is 2.42. The Balaban J connectivity index is 1.83. The van der Waals surface area contributed by atoms with E-state index in [0.717, 1.165) is 31.7 Å². The third-order valence-corrected chi connectivity index (χ3v) is 6.30. The molecule has 0 spiro atoms. The first-order valence-corrected chi connectivity index (χ1v) is 13.3. The highest BCUT2D eigenvalue weighted by Gasteiger charge is 2.34. The van der Waals surface area contributed by atoms with Gasteiger partial charge in [0, 0.05) is 25.7 Å². The van der Waals surface area contributed by atoms with Gasteiger partial charge in [-0.1, -0.05) is 11.6 Å². The first-order chi connectivity index (χ1) is 17.6. The van der Waals surface area contributed by atoms with Gasteiger partial charge in [0.05, 0.1) is 22.0 Å². The maximum absolute atomic E-state index is 15.6. The molecule has 0 bridgehead atoms. The Labute approximate surface area is 228 Å². The van der Waals surface area contributed by atoms with E-state index < -0.39 is 35.1 Å². The predicted molar refractivity (Wildman–Crippen MR) is 144 cm³/mol. The molecule has 0 radical (unpaired) electrons. The molecule has 1 heterocycles. The molecule has 212 valence electrons. The molecule has 2 fully saturated rings. The van der Waals surface area contributed by atoms with Gasteiger partial charge in [0.25, 0.3) is 5.91 Å². The second kappa shape index (κ2) is 11.5. The Hall–Kier alpha value is -2.79. The molecule has 1 atom stereocenters. The van der Waals surface area contributed by atoms with Crippen molar-refractivity contribution in [3.63, 3.8) is 0 Å². The van der Waals surface area contributed by atoms with E-state index in [2.05, 4.69) is 10.6 Å². The fourth-order valence-corrected chi connectivity index (χ4v) is 4.51. The van der Waals surface area contributed by atoms with Crippen LogP contribution < -0.4 is 21.4 Å². The zero-order valence-electron chi connectivity index (χ0n) is 23.0. The average Bonchev–Trinajstić information content (AvgIpc) is 3.61. The van der Waals surface area contributed by atoms with Crippen molar-refractivity contribution in [2.45, 2.75) is 84.5 Å². The molecule has 1 aliphatic carbocycles. The van der Waals surface area contributed by atoms with Gasteiger partial charge in [-0.15, -0.1) is 0 Å². The van der Waals surface area contributed by atoms with Crippen LogP contribution >= 0.6 is 11.6 Å². The Bertz CT molecular complexity index is 1070. The third-order valence-electron chi connectivity index (χ3n) is 5.93. The fraction of sp³-hybridized carbons (Fsp3) is 0.654. The van der Waals surface area contributed by atoms with Crippen molar-refractivity contribution in [1.82, 2.24) is 10.3 Å². The Morgan fingerprint density at radius 2 is 1.76 bits per heavy atom. The molecule has 0 aromatic heterocycles. The number of anilines is 2. The summed E-state index contributed by atoms with van der Waals surface area (Å²) in [6.45, 7) is 11.7. The van der Waals surface area contributed by atoms with Crippen molar-refractivity contribution in [3.05, 3.63) is 22.5 Å². The number of ether oxygens (including phenoxy) is 2. The van der Waals surface area contributed by atoms with Gasteiger partial charge >= 0.3 is 12.2 Å². The molecule has 1 unspecified atom stereocenters. The summed E-state index contributed by atoms with van der Waals surface area (Å²) in [6.07, 6.45) is 1.78. The molecule has 2 aliphatic rings. The maximum Gasteiger partial charge on any atom is 0.432 e. The molecule has 3 amide bonds. The number of nitrogens with two attached hydrogens (primary N) is 1. The summed E-state index contributed by atoms with van der Waals surface area (Å²) < 4.78 is 26.1. The molecule has 3 rings (SSSR count). The molecule has 1 aromatic rings. The molecule has 10 nitrogen and oxygen atoms in total. The average molecular weight is 556 g/mol. The normalized spacial score (nSPS) is 18.0. The minimum Gasteiger partial charge on any atom is -0.444 e. The highest BCUT2D eigenvalue weighted by molar-refractivity contribution is 6.37. The van der Waals surface area contributed by atoms with E-state index in [1.807, 2.05) is 4.90 Å². The number of piperidine rings is 1. The standard InChI is InChI=1S/C26H39ClFN5O5/c1-25(2,3)37-23(35)30-13-15-8-7-11-32(14-15)21-18(28)12-17(20(19(21)27)31-16-9-10-16)22(34)33(29)24(36)38-26(4,5)6/h12,15-16,31H,7-11,13-14,29H2,1-6H3,(H,30,35). The van der Waals surface area contributed by atoms with Gasteiger partial charge in [-0.3, -0.25) is 4.79 Å². The highest BCUT2D eigenvalue weighted by atomic mass is 35.5. The van der Waals surface area contributed by atoms with Crippen molar-refractivity contribution in [2.75, 3.05) is 29.9 Å². The van der Waals surface area contributed by atoms with Crippen LogP contribution in [0.5, 0.6) is 0 Å².